The second-order valence-corrected chi connectivity index (χ2v) is 5.44. The molecule has 0 aliphatic carbocycles. The molecule has 114 valence electrons. The molecule has 5 nitrogen and oxygen atoms in total. The second kappa shape index (κ2) is 7.88. The smallest absolute Gasteiger partial charge is 0.243 e. The molecule has 0 aromatic carbocycles. The molecule has 2 aromatic rings. The summed E-state index contributed by atoms with van der Waals surface area (Å²) in [5.74, 6) is 0.0755. The summed E-state index contributed by atoms with van der Waals surface area (Å²) in [5.41, 5.74) is 0. The molecular formula is C15H21ClN4O. The average molecular weight is 309 g/mol. The van der Waals surface area contributed by atoms with Gasteiger partial charge in [0.1, 0.15) is 6.04 Å². The molecule has 2 rings (SSSR count). The first-order valence-corrected chi connectivity index (χ1v) is 7.66. The Morgan fingerprint density at radius 3 is 2.81 bits per heavy atom. The summed E-state index contributed by atoms with van der Waals surface area (Å²) < 4.78 is 3.75. The molecule has 0 unspecified atom stereocenters. The SMILES string of the molecule is CCC[C@H](C(=O)NCCCn1cc(Cl)cn1)n1cccc1. The van der Waals surface area contributed by atoms with E-state index in [1.807, 2.05) is 29.1 Å². The van der Waals surface area contributed by atoms with E-state index in [9.17, 15) is 4.79 Å². The molecule has 2 heterocycles. The fourth-order valence-corrected chi connectivity index (χ4v) is 2.43. The zero-order chi connectivity index (χ0) is 15.1. The van der Waals surface area contributed by atoms with Gasteiger partial charge in [-0.3, -0.25) is 9.48 Å². The number of carbonyl (C=O) groups is 1. The van der Waals surface area contributed by atoms with Gasteiger partial charge in [-0.05, 0) is 25.0 Å². The standard InChI is InChI=1S/C15H21ClN4O/c1-2-6-14(19-8-3-4-9-19)15(21)17-7-5-10-20-12-13(16)11-18-20/h3-4,8-9,11-12,14H,2,5-7,10H2,1H3,(H,17,21)/t14-/m1/s1. The van der Waals surface area contributed by atoms with Crippen molar-refractivity contribution in [2.24, 2.45) is 0 Å². The fraction of sp³-hybridized carbons (Fsp3) is 0.467. The minimum absolute atomic E-state index is 0.0755. The average Bonchev–Trinajstić information content (AvgIpc) is 3.12. The Kier molecular flexibility index (Phi) is 5.87. The van der Waals surface area contributed by atoms with Gasteiger partial charge in [0.05, 0.1) is 11.2 Å². The van der Waals surface area contributed by atoms with Crippen molar-refractivity contribution < 1.29 is 4.79 Å². The third-order valence-electron chi connectivity index (χ3n) is 3.32. The van der Waals surface area contributed by atoms with E-state index in [4.69, 9.17) is 11.6 Å². The maximum absolute atomic E-state index is 12.3. The number of nitrogens with zero attached hydrogens (tertiary/aromatic N) is 3. The molecule has 1 amide bonds. The number of hydrogen-bond acceptors (Lipinski definition) is 2. The maximum atomic E-state index is 12.3. The first-order valence-electron chi connectivity index (χ1n) is 7.29. The van der Waals surface area contributed by atoms with Gasteiger partial charge >= 0.3 is 0 Å². The molecule has 1 N–H and O–H groups in total. The van der Waals surface area contributed by atoms with E-state index in [0.717, 1.165) is 25.8 Å². The highest BCUT2D eigenvalue weighted by atomic mass is 35.5. The first kappa shape index (κ1) is 15.6. The highest BCUT2D eigenvalue weighted by Gasteiger charge is 2.17. The first-order chi connectivity index (χ1) is 10.2. The van der Waals surface area contributed by atoms with Gasteiger partial charge in [0, 0.05) is 31.7 Å². The van der Waals surface area contributed by atoms with Crippen molar-refractivity contribution in [1.82, 2.24) is 19.7 Å². The third-order valence-corrected chi connectivity index (χ3v) is 3.51. The van der Waals surface area contributed by atoms with Crippen LogP contribution in [-0.2, 0) is 11.3 Å². The molecule has 0 spiro atoms. The summed E-state index contributed by atoms with van der Waals surface area (Å²) in [5, 5.41) is 7.74. The van der Waals surface area contributed by atoms with Gasteiger partial charge in [-0.2, -0.15) is 5.10 Å². The van der Waals surface area contributed by atoms with E-state index in [1.165, 1.54) is 0 Å². The molecule has 0 bridgehead atoms. The molecule has 0 fully saturated rings. The Hall–Kier alpha value is -1.75. The molecule has 1 atom stereocenters. The largest absolute Gasteiger partial charge is 0.354 e. The van der Waals surface area contributed by atoms with Gasteiger partial charge in [0.25, 0.3) is 0 Å². The van der Waals surface area contributed by atoms with Crippen LogP contribution in [0.4, 0.5) is 0 Å². The van der Waals surface area contributed by atoms with E-state index >= 15 is 0 Å². The lowest BCUT2D eigenvalue weighted by Crippen LogP contribution is -2.33. The Morgan fingerprint density at radius 2 is 2.19 bits per heavy atom. The number of aromatic nitrogens is 3. The molecular weight excluding hydrogens is 288 g/mol. The highest BCUT2D eigenvalue weighted by Crippen LogP contribution is 2.14. The van der Waals surface area contributed by atoms with Crippen LogP contribution < -0.4 is 5.32 Å². The number of carbonyl (C=O) groups excluding carboxylic acids is 1. The van der Waals surface area contributed by atoms with Crippen LogP contribution in [0.1, 0.15) is 32.2 Å². The Balaban J connectivity index is 1.77. The normalized spacial score (nSPS) is 12.3. The summed E-state index contributed by atoms with van der Waals surface area (Å²) in [7, 11) is 0. The summed E-state index contributed by atoms with van der Waals surface area (Å²) in [6, 6.07) is 3.76. The summed E-state index contributed by atoms with van der Waals surface area (Å²) in [6.07, 6.45) is 9.91. The zero-order valence-corrected chi connectivity index (χ0v) is 13.0. The van der Waals surface area contributed by atoms with Crippen LogP contribution in [0.5, 0.6) is 0 Å². The maximum Gasteiger partial charge on any atom is 0.243 e. The van der Waals surface area contributed by atoms with Crippen molar-refractivity contribution in [2.75, 3.05) is 6.54 Å². The lowest BCUT2D eigenvalue weighted by molar-refractivity contribution is -0.124. The van der Waals surface area contributed by atoms with E-state index in [-0.39, 0.29) is 11.9 Å². The van der Waals surface area contributed by atoms with Crippen molar-refractivity contribution in [1.29, 1.82) is 0 Å². The van der Waals surface area contributed by atoms with Crippen LogP contribution >= 0.6 is 11.6 Å². The molecule has 0 aliphatic heterocycles. The number of amides is 1. The number of hydrogen-bond donors (Lipinski definition) is 1. The van der Waals surface area contributed by atoms with Gasteiger partial charge < -0.3 is 9.88 Å². The molecule has 2 aromatic heterocycles. The predicted octanol–water partition coefficient (Wildman–Crippen LogP) is 2.89. The van der Waals surface area contributed by atoms with Crippen LogP contribution in [-0.4, -0.2) is 26.8 Å². The van der Waals surface area contributed by atoms with Crippen molar-refractivity contribution in [2.45, 2.75) is 38.8 Å². The van der Waals surface area contributed by atoms with Crippen molar-refractivity contribution >= 4 is 17.5 Å². The summed E-state index contributed by atoms with van der Waals surface area (Å²) >= 11 is 5.80. The predicted molar refractivity (Wildman–Crippen MR) is 83.2 cm³/mol. The fourth-order valence-electron chi connectivity index (χ4n) is 2.28. The van der Waals surface area contributed by atoms with Crippen LogP contribution in [0.15, 0.2) is 36.9 Å². The molecule has 0 saturated carbocycles. The molecule has 6 heteroatoms. The monoisotopic (exact) mass is 308 g/mol. The van der Waals surface area contributed by atoms with Gasteiger partial charge in [-0.25, -0.2) is 0 Å². The molecule has 21 heavy (non-hydrogen) atoms. The number of aryl methyl sites for hydroxylation is 1. The number of nitrogens with one attached hydrogen (secondary N) is 1. The Bertz CT molecular complexity index is 550. The van der Waals surface area contributed by atoms with Crippen molar-refractivity contribution in [3.05, 3.63) is 41.9 Å². The zero-order valence-electron chi connectivity index (χ0n) is 12.2. The minimum Gasteiger partial charge on any atom is -0.354 e. The lowest BCUT2D eigenvalue weighted by atomic mass is 10.1. The van der Waals surface area contributed by atoms with Gasteiger partial charge in [0.2, 0.25) is 5.91 Å². The van der Waals surface area contributed by atoms with Crippen LogP contribution in [0.25, 0.3) is 0 Å². The number of rotatable bonds is 8. The quantitative estimate of drug-likeness (QED) is 0.762. The lowest BCUT2D eigenvalue weighted by Gasteiger charge is -2.18. The topological polar surface area (TPSA) is 51.9 Å². The highest BCUT2D eigenvalue weighted by molar-refractivity contribution is 6.30. The van der Waals surface area contributed by atoms with Gasteiger partial charge in [0.15, 0.2) is 0 Å². The van der Waals surface area contributed by atoms with Crippen molar-refractivity contribution in [3.63, 3.8) is 0 Å². The third kappa shape index (κ3) is 4.63. The van der Waals surface area contributed by atoms with E-state index < -0.39 is 0 Å². The van der Waals surface area contributed by atoms with Crippen molar-refractivity contribution in [3.8, 4) is 0 Å². The summed E-state index contributed by atoms with van der Waals surface area (Å²) in [4.78, 5) is 12.3. The van der Waals surface area contributed by atoms with Gasteiger partial charge in [-0.15, -0.1) is 0 Å². The number of halogens is 1. The van der Waals surface area contributed by atoms with Crippen LogP contribution in [0, 0.1) is 0 Å². The van der Waals surface area contributed by atoms with Crippen LogP contribution in [0.3, 0.4) is 0 Å². The Labute approximate surface area is 129 Å². The van der Waals surface area contributed by atoms with E-state index in [1.54, 1.807) is 17.1 Å². The molecule has 0 aliphatic rings. The van der Waals surface area contributed by atoms with E-state index in [2.05, 4.69) is 17.3 Å². The van der Waals surface area contributed by atoms with Crippen LogP contribution in [0.2, 0.25) is 5.02 Å². The molecule has 0 radical (unpaired) electrons. The second-order valence-electron chi connectivity index (χ2n) is 5.00. The van der Waals surface area contributed by atoms with Gasteiger partial charge in [-0.1, -0.05) is 24.9 Å². The Morgan fingerprint density at radius 1 is 1.43 bits per heavy atom. The summed E-state index contributed by atoms with van der Waals surface area (Å²) in [6.45, 7) is 3.47. The van der Waals surface area contributed by atoms with E-state index in [0.29, 0.717) is 11.6 Å². The molecule has 0 saturated heterocycles. The minimum atomic E-state index is -0.121.